The highest BCUT2D eigenvalue weighted by Crippen LogP contribution is 2.29. The molecule has 36 heavy (non-hydrogen) atoms. The zero-order valence-electron chi connectivity index (χ0n) is 20.4. The summed E-state index contributed by atoms with van der Waals surface area (Å²) in [5.41, 5.74) is 4.22. The molecule has 1 fully saturated rings. The van der Waals surface area contributed by atoms with Gasteiger partial charge in [0.15, 0.2) is 5.65 Å². The predicted octanol–water partition coefficient (Wildman–Crippen LogP) is 1.83. The first-order valence-electron chi connectivity index (χ1n) is 11.9. The number of hydrogen-bond acceptors (Lipinski definition) is 8. The van der Waals surface area contributed by atoms with Crippen LogP contribution in [-0.4, -0.2) is 91.3 Å². The lowest BCUT2D eigenvalue weighted by Gasteiger charge is -2.25. The van der Waals surface area contributed by atoms with Crippen LogP contribution < -0.4 is 10.1 Å². The molecule has 3 aromatic rings. The third-order valence-corrected chi connectivity index (χ3v) is 6.23. The van der Waals surface area contributed by atoms with E-state index in [4.69, 9.17) is 23.9 Å². The zero-order chi connectivity index (χ0) is 24.9. The third kappa shape index (κ3) is 5.14. The average Bonchev–Trinajstić information content (AvgIpc) is 3.43. The number of methoxy groups -OCH3 is 2. The fourth-order valence-corrected chi connectivity index (χ4v) is 4.51. The lowest BCUT2D eigenvalue weighted by Crippen LogP contribution is -2.41. The van der Waals surface area contributed by atoms with Gasteiger partial charge in [-0.15, -0.1) is 0 Å². The number of carbonyl (C=O) groups excluding carboxylic acids is 1. The molecule has 2 atom stereocenters. The minimum Gasteiger partial charge on any atom is -0.475 e. The maximum atomic E-state index is 13.1. The number of hydrogen-bond donors (Lipinski definition) is 1. The molecular formula is C26H29N5O5. The summed E-state index contributed by atoms with van der Waals surface area (Å²) in [7, 11) is 3.23. The molecule has 1 N–H and O–H groups in total. The van der Waals surface area contributed by atoms with Crippen LogP contribution in [0.15, 0.2) is 36.7 Å². The Kier molecular flexibility index (Phi) is 7.32. The normalized spacial score (nSPS) is 19.3. The van der Waals surface area contributed by atoms with Gasteiger partial charge < -0.3 is 29.2 Å². The van der Waals surface area contributed by atoms with E-state index >= 15 is 0 Å². The number of fused-ring (bicyclic) bond motifs is 5. The topological polar surface area (TPSA) is 99.5 Å². The highest BCUT2D eigenvalue weighted by Gasteiger charge is 2.40. The van der Waals surface area contributed by atoms with Crippen LogP contribution >= 0.6 is 0 Å². The van der Waals surface area contributed by atoms with Gasteiger partial charge >= 0.3 is 0 Å². The van der Waals surface area contributed by atoms with E-state index < -0.39 is 6.10 Å². The van der Waals surface area contributed by atoms with Crippen LogP contribution in [0.1, 0.15) is 12.0 Å². The van der Waals surface area contributed by atoms with Crippen molar-refractivity contribution in [1.29, 1.82) is 0 Å². The molecule has 0 saturated carbocycles. The summed E-state index contributed by atoms with van der Waals surface area (Å²) in [5.74, 6) is 6.61. The van der Waals surface area contributed by atoms with Gasteiger partial charge in [0.2, 0.25) is 5.88 Å². The molecule has 4 bridgehead atoms. The first-order chi connectivity index (χ1) is 17.7. The Morgan fingerprint density at radius 1 is 1.22 bits per heavy atom. The van der Waals surface area contributed by atoms with Crippen molar-refractivity contribution in [3.63, 3.8) is 0 Å². The number of anilines is 1. The van der Waals surface area contributed by atoms with E-state index in [1.54, 1.807) is 31.0 Å². The van der Waals surface area contributed by atoms with Gasteiger partial charge in [-0.2, -0.15) is 10.1 Å². The van der Waals surface area contributed by atoms with E-state index in [-0.39, 0.29) is 11.9 Å². The van der Waals surface area contributed by atoms with E-state index in [0.717, 1.165) is 22.4 Å². The molecule has 2 aliphatic rings. The lowest BCUT2D eigenvalue weighted by atomic mass is 10.0. The number of benzene rings is 1. The summed E-state index contributed by atoms with van der Waals surface area (Å²) in [6.07, 6.45) is 3.66. The van der Waals surface area contributed by atoms with Gasteiger partial charge in [-0.25, -0.2) is 4.52 Å². The van der Waals surface area contributed by atoms with Crippen LogP contribution in [-0.2, 0) is 19.0 Å². The van der Waals surface area contributed by atoms with Crippen molar-refractivity contribution in [1.82, 2.24) is 19.5 Å². The first-order valence-corrected chi connectivity index (χ1v) is 11.9. The Hall–Kier alpha value is -3.65. The molecule has 188 valence electrons. The number of rotatable bonds is 5. The molecule has 2 aliphatic heterocycles. The molecule has 1 amide bonds. The predicted molar refractivity (Wildman–Crippen MR) is 133 cm³/mol. The quantitative estimate of drug-likeness (QED) is 0.426. The molecule has 0 radical (unpaired) electrons. The fraction of sp³-hybridized carbons (Fsp3) is 0.423. The summed E-state index contributed by atoms with van der Waals surface area (Å²) >= 11 is 0. The Morgan fingerprint density at radius 3 is 3.00 bits per heavy atom. The van der Waals surface area contributed by atoms with Gasteiger partial charge in [-0.1, -0.05) is 11.8 Å². The number of carbonyl (C=O) groups is 1. The minimum atomic E-state index is -0.507. The van der Waals surface area contributed by atoms with Gasteiger partial charge in [0, 0.05) is 62.8 Å². The Labute approximate surface area is 209 Å². The number of amides is 1. The van der Waals surface area contributed by atoms with Crippen molar-refractivity contribution in [2.24, 2.45) is 0 Å². The third-order valence-electron chi connectivity index (χ3n) is 6.23. The number of ether oxygens (including phenoxy) is 4. The van der Waals surface area contributed by atoms with Crippen molar-refractivity contribution < 1.29 is 23.7 Å². The summed E-state index contributed by atoms with van der Waals surface area (Å²) in [6, 6.07) is 7.70. The summed E-state index contributed by atoms with van der Waals surface area (Å²) in [5, 5.41) is 7.92. The van der Waals surface area contributed by atoms with Gasteiger partial charge in [0.05, 0.1) is 25.5 Å². The van der Waals surface area contributed by atoms with Crippen LogP contribution in [0, 0.1) is 11.8 Å². The molecule has 0 unspecified atom stereocenters. The van der Waals surface area contributed by atoms with Crippen LogP contribution in [0.25, 0.3) is 16.8 Å². The first kappa shape index (κ1) is 24.1. The van der Waals surface area contributed by atoms with Gasteiger partial charge in [0.25, 0.3) is 5.91 Å². The average molecular weight is 492 g/mol. The second kappa shape index (κ2) is 11.0. The molecule has 4 heterocycles. The second-order valence-electron chi connectivity index (χ2n) is 8.64. The van der Waals surface area contributed by atoms with Gasteiger partial charge in [-0.3, -0.25) is 4.79 Å². The minimum absolute atomic E-state index is 0.0324. The van der Waals surface area contributed by atoms with Crippen LogP contribution in [0.2, 0.25) is 0 Å². The van der Waals surface area contributed by atoms with E-state index in [0.29, 0.717) is 57.5 Å². The van der Waals surface area contributed by atoms with E-state index in [9.17, 15) is 4.79 Å². The van der Waals surface area contributed by atoms with E-state index in [1.165, 1.54) is 0 Å². The lowest BCUT2D eigenvalue weighted by molar-refractivity contribution is -0.138. The Balaban J connectivity index is 1.49. The van der Waals surface area contributed by atoms with Crippen LogP contribution in [0.5, 0.6) is 5.88 Å². The van der Waals surface area contributed by atoms with Crippen LogP contribution in [0.4, 0.5) is 5.69 Å². The molecule has 1 aromatic carbocycles. The molecule has 5 rings (SSSR count). The molecule has 1 saturated heterocycles. The molecular weight excluding hydrogens is 462 g/mol. The van der Waals surface area contributed by atoms with Crippen molar-refractivity contribution in [3.8, 4) is 28.8 Å². The molecule has 0 aliphatic carbocycles. The zero-order valence-corrected chi connectivity index (χ0v) is 20.4. The highest BCUT2D eigenvalue weighted by atomic mass is 16.5. The maximum absolute atomic E-state index is 13.1. The molecule has 10 nitrogen and oxygen atoms in total. The highest BCUT2D eigenvalue weighted by molar-refractivity contribution is 5.84. The van der Waals surface area contributed by atoms with Crippen molar-refractivity contribution in [3.05, 3.63) is 42.2 Å². The largest absolute Gasteiger partial charge is 0.475 e. The molecule has 10 heteroatoms. The Bertz CT molecular complexity index is 1300. The van der Waals surface area contributed by atoms with Crippen molar-refractivity contribution in [2.75, 3.05) is 59.1 Å². The van der Waals surface area contributed by atoms with Crippen LogP contribution in [0.3, 0.4) is 0 Å². The number of aromatic nitrogens is 3. The van der Waals surface area contributed by atoms with Crippen molar-refractivity contribution >= 4 is 17.2 Å². The maximum Gasteiger partial charge on any atom is 0.252 e. The van der Waals surface area contributed by atoms with E-state index in [1.807, 2.05) is 29.3 Å². The SMILES string of the molecule is COCC#Cc1cc2cc(c1)-c1cnn3ccc(nc13)OC[C@@H]1C[C@@H](OCCOC)C(=O)N1CCN2. The number of nitrogens with zero attached hydrogens (tertiary/aromatic N) is 4. The smallest absolute Gasteiger partial charge is 0.252 e. The fourth-order valence-electron chi connectivity index (χ4n) is 4.51. The second-order valence-corrected chi connectivity index (χ2v) is 8.64. The molecule has 0 spiro atoms. The Morgan fingerprint density at radius 2 is 2.14 bits per heavy atom. The van der Waals surface area contributed by atoms with Crippen molar-refractivity contribution in [2.45, 2.75) is 18.6 Å². The summed E-state index contributed by atoms with van der Waals surface area (Å²) in [4.78, 5) is 19.7. The monoisotopic (exact) mass is 491 g/mol. The molecule has 2 aromatic heterocycles. The number of nitrogens with one attached hydrogen (secondary N) is 1. The summed E-state index contributed by atoms with van der Waals surface area (Å²) < 4.78 is 23.7. The summed E-state index contributed by atoms with van der Waals surface area (Å²) in [6.45, 7) is 2.56. The standard InChI is InChI=1S/C26H29N5O5/c1-33-9-3-4-18-12-19-14-20(13-18)27-6-8-30-21(15-23(26(30)32)35-11-10-34-2)17-36-24-5-7-31-25(29-24)22(19)16-28-31/h5,7,12-14,16,21,23,27H,6,8-11,15,17H2,1-2H3/t21-,23+/m0/s1. The van der Waals surface area contributed by atoms with Gasteiger partial charge in [0.1, 0.15) is 19.3 Å². The van der Waals surface area contributed by atoms with Gasteiger partial charge in [-0.05, 0) is 23.8 Å². The van der Waals surface area contributed by atoms with E-state index in [2.05, 4.69) is 22.3 Å².